The van der Waals surface area contributed by atoms with E-state index in [0.29, 0.717) is 4.86 Å². The van der Waals surface area contributed by atoms with Gasteiger partial charge in [0, 0.05) is 10.9 Å². The van der Waals surface area contributed by atoms with Crippen molar-refractivity contribution < 1.29 is 9.53 Å². The SMILES string of the molecule is COC(=O)C=CC(=S)c1ccc(-c2ccccc2)cc1. The molecule has 0 aliphatic rings. The van der Waals surface area contributed by atoms with Crippen molar-refractivity contribution in [1.82, 2.24) is 0 Å². The number of ether oxygens (including phenoxy) is 1. The van der Waals surface area contributed by atoms with Crippen LogP contribution in [0.1, 0.15) is 5.56 Å². The topological polar surface area (TPSA) is 26.3 Å². The Kier molecular flexibility index (Phi) is 4.80. The van der Waals surface area contributed by atoms with Gasteiger partial charge in [-0.25, -0.2) is 4.79 Å². The van der Waals surface area contributed by atoms with Crippen LogP contribution in [0, 0.1) is 0 Å². The number of carbonyl (C=O) groups is 1. The van der Waals surface area contributed by atoms with Crippen molar-refractivity contribution in [3.8, 4) is 11.1 Å². The maximum absolute atomic E-state index is 11.0. The van der Waals surface area contributed by atoms with Crippen LogP contribution in [-0.4, -0.2) is 17.9 Å². The molecule has 0 saturated heterocycles. The molecular weight excluding hydrogens is 268 g/mol. The summed E-state index contributed by atoms with van der Waals surface area (Å²) in [6.45, 7) is 0. The van der Waals surface area contributed by atoms with Crippen molar-refractivity contribution in [2.75, 3.05) is 7.11 Å². The third-order valence-corrected chi connectivity index (χ3v) is 3.22. The Morgan fingerprint density at radius 2 is 1.55 bits per heavy atom. The summed E-state index contributed by atoms with van der Waals surface area (Å²) in [7, 11) is 1.34. The molecule has 0 aromatic heterocycles. The minimum absolute atomic E-state index is 0.409. The molecule has 0 N–H and O–H groups in total. The Bertz CT molecular complexity index is 628. The summed E-state index contributed by atoms with van der Waals surface area (Å²) in [6.07, 6.45) is 2.91. The van der Waals surface area contributed by atoms with E-state index in [1.54, 1.807) is 6.08 Å². The number of allylic oxidation sites excluding steroid dienone is 1. The largest absolute Gasteiger partial charge is 0.466 e. The number of esters is 1. The smallest absolute Gasteiger partial charge is 0.330 e. The van der Waals surface area contributed by atoms with E-state index in [2.05, 4.69) is 16.9 Å². The Labute approximate surface area is 123 Å². The third kappa shape index (κ3) is 3.62. The van der Waals surface area contributed by atoms with E-state index in [1.165, 1.54) is 13.2 Å². The number of rotatable bonds is 4. The molecule has 20 heavy (non-hydrogen) atoms. The van der Waals surface area contributed by atoms with Crippen LogP contribution in [-0.2, 0) is 9.53 Å². The zero-order valence-corrected chi connectivity index (χ0v) is 11.9. The van der Waals surface area contributed by atoms with Crippen molar-refractivity contribution in [2.45, 2.75) is 0 Å². The lowest BCUT2D eigenvalue weighted by Gasteiger charge is -2.03. The Hall–Kier alpha value is -2.26. The van der Waals surface area contributed by atoms with Gasteiger partial charge in [0.1, 0.15) is 0 Å². The van der Waals surface area contributed by atoms with E-state index in [9.17, 15) is 4.79 Å². The number of hydrogen-bond acceptors (Lipinski definition) is 3. The molecule has 0 heterocycles. The molecule has 0 unspecified atom stereocenters. The molecule has 0 bridgehead atoms. The van der Waals surface area contributed by atoms with Gasteiger partial charge in [-0.1, -0.05) is 66.8 Å². The summed E-state index contributed by atoms with van der Waals surface area (Å²) in [6, 6.07) is 18.1. The van der Waals surface area contributed by atoms with E-state index in [4.69, 9.17) is 12.2 Å². The maximum atomic E-state index is 11.0. The molecule has 0 atom stereocenters. The fourth-order valence-electron chi connectivity index (χ4n) is 1.77. The number of carbonyl (C=O) groups excluding carboxylic acids is 1. The van der Waals surface area contributed by atoms with Crippen molar-refractivity contribution in [1.29, 1.82) is 0 Å². The molecule has 3 heteroatoms. The second kappa shape index (κ2) is 6.78. The van der Waals surface area contributed by atoms with Gasteiger partial charge < -0.3 is 4.74 Å². The highest BCUT2D eigenvalue weighted by atomic mass is 32.1. The minimum Gasteiger partial charge on any atom is -0.466 e. The molecule has 2 rings (SSSR count). The molecule has 2 nitrogen and oxygen atoms in total. The van der Waals surface area contributed by atoms with Crippen molar-refractivity contribution in [2.24, 2.45) is 0 Å². The van der Waals surface area contributed by atoms with E-state index in [0.717, 1.165) is 16.7 Å². The lowest BCUT2D eigenvalue weighted by molar-refractivity contribution is -0.134. The molecule has 0 amide bonds. The summed E-state index contributed by atoms with van der Waals surface area (Å²) in [5, 5.41) is 0. The summed E-state index contributed by atoms with van der Waals surface area (Å²) in [5.74, 6) is -0.409. The van der Waals surface area contributed by atoms with Crippen LogP contribution in [0.5, 0.6) is 0 Å². The summed E-state index contributed by atoms with van der Waals surface area (Å²) < 4.78 is 4.53. The van der Waals surface area contributed by atoms with Crippen LogP contribution in [0.15, 0.2) is 66.7 Å². The van der Waals surface area contributed by atoms with Gasteiger partial charge in [0.05, 0.1) is 7.11 Å². The highest BCUT2D eigenvalue weighted by molar-refractivity contribution is 7.81. The second-order valence-electron chi connectivity index (χ2n) is 4.16. The van der Waals surface area contributed by atoms with Crippen LogP contribution >= 0.6 is 12.2 Å². The number of thiocarbonyl (C=S) groups is 1. The van der Waals surface area contributed by atoms with Gasteiger partial charge in [-0.15, -0.1) is 0 Å². The van der Waals surface area contributed by atoms with Crippen LogP contribution in [0.3, 0.4) is 0 Å². The zero-order chi connectivity index (χ0) is 14.4. The fourth-order valence-corrected chi connectivity index (χ4v) is 1.97. The fraction of sp³-hybridized carbons (Fsp3) is 0.0588. The number of hydrogen-bond donors (Lipinski definition) is 0. The lowest BCUT2D eigenvalue weighted by atomic mass is 10.0. The zero-order valence-electron chi connectivity index (χ0n) is 11.1. The molecule has 0 aliphatic heterocycles. The van der Waals surface area contributed by atoms with Gasteiger partial charge in [0.2, 0.25) is 0 Å². The first-order valence-corrected chi connectivity index (χ1v) is 6.57. The molecule has 2 aromatic carbocycles. The van der Waals surface area contributed by atoms with Gasteiger partial charge >= 0.3 is 5.97 Å². The first-order valence-electron chi connectivity index (χ1n) is 6.16. The Morgan fingerprint density at radius 3 is 2.15 bits per heavy atom. The van der Waals surface area contributed by atoms with Crippen molar-refractivity contribution >= 4 is 23.1 Å². The molecule has 0 radical (unpaired) electrons. The average molecular weight is 282 g/mol. The third-order valence-electron chi connectivity index (χ3n) is 2.85. The van der Waals surface area contributed by atoms with Crippen LogP contribution in [0.4, 0.5) is 0 Å². The quantitative estimate of drug-likeness (QED) is 0.369. The second-order valence-corrected chi connectivity index (χ2v) is 4.60. The standard InChI is InChI=1S/C17H14O2S/c1-19-17(18)12-11-16(20)15-9-7-14(8-10-15)13-5-3-2-4-6-13/h2-12H,1H3. The van der Waals surface area contributed by atoms with E-state index < -0.39 is 5.97 Å². The van der Waals surface area contributed by atoms with E-state index in [1.807, 2.05) is 42.5 Å². The summed E-state index contributed by atoms with van der Waals surface area (Å²) in [5.41, 5.74) is 3.20. The lowest BCUT2D eigenvalue weighted by Crippen LogP contribution is -1.97. The van der Waals surface area contributed by atoms with Gasteiger partial charge in [0.25, 0.3) is 0 Å². The summed E-state index contributed by atoms with van der Waals surface area (Å²) in [4.78, 5) is 11.6. The van der Waals surface area contributed by atoms with Crippen LogP contribution < -0.4 is 0 Å². The van der Waals surface area contributed by atoms with Crippen LogP contribution in [0.25, 0.3) is 11.1 Å². The molecule has 0 saturated carbocycles. The Balaban J connectivity index is 2.14. The molecule has 2 aromatic rings. The highest BCUT2D eigenvalue weighted by Gasteiger charge is 2.01. The monoisotopic (exact) mass is 282 g/mol. The molecular formula is C17H14O2S. The summed E-state index contributed by atoms with van der Waals surface area (Å²) >= 11 is 5.25. The number of benzene rings is 2. The molecule has 100 valence electrons. The molecule has 0 aliphatic carbocycles. The predicted octanol–water partition coefficient (Wildman–Crippen LogP) is 3.80. The average Bonchev–Trinajstić information content (AvgIpc) is 2.53. The van der Waals surface area contributed by atoms with E-state index in [-0.39, 0.29) is 0 Å². The molecule has 0 spiro atoms. The maximum Gasteiger partial charge on any atom is 0.330 e. The molecule has 0 fully saturated rings. The normalized spacial score (nSPS) is 10.4. The van der Waals surface area contributed by atoms with Gasteiger partial charge in [0.15, 0.2) is 0 Å². The predicted molar refractivity (Wildman–Crippen MR) is 84.7 cm³/mol. The van der Waals surface area contributed by atoms with Gasteiger partial charge in [-0.05, 0) is 22.8 Å². The van der Waals surface area contributed by atoms with E-state index >= 15 is 0 Å². The highest BCUT2D eigenvalue weighted by Crippen LogP contribution is 2.19. The van der Waals surface area contributed by atoms with Crippen LogP contribution in [0.2, 0.25) is 0 Å². The first kappa shape index (κ1) is 14.2. The van der Waals surface area contributed by atoms with Gasteiger partial charge in [-0.3, -0.25) is 0 Å². The minimum atomic E-state index is -0.409. The van der Waals surface area contributed by atoms with Gasteiger partial charge in [-0.2, -0.15) is 0 Å². The Morgan fingerprint density at radius 1 is 0.950 bits per heavy atom. The first-order chi connectivity index (χ1) is 9.70. The van der Waals surface area contributed by atoms with Crippen molar-refractivity contribution in [3.05, 3.63) is 72.3 Å². The van der Waals surface area contributed by atoms with Crippen molar-refractivity contribution in [3.63, 3.8) is 0 Å². The number of methoxy groups -OCH3 is 1.